The van der Waals surface area contributed by atoms with Crippen LogP contribution in [0.5, 0.6) is 0 Å². The average Bonchev–Trinajstić information content (AvgIpc) is 2.73. The minimum atomic E-state index is -0.263. The standard InChI is InChI=1S/C21H21N5O2/c1-15-24-14-17(20(27)25-13-16-7-3-2-4-8-16)18(26-15)10-12-23-21(28)19-9-5-6-11-22-19/h2-9,11,14H,10,12-13H2,1H3,(H,23,28)(H,25,27). The molecule has 142 valence electrons. The smallest absolute Gasteiger partial charge is 0.269 e. The molecule has 7 heteroatoms. The average molecular weight is 375 g/mol. The number of aromatic nitrogens is 3. The molecule has 0 fully saturated rings. The first kappa shape index (κ1) is 19.2. The maximum absolute atomic E-state index is 12.6. The van der Waals surface area contributed by atoms with Gasteiger partial charge in [-0.1, -0.05) is 36.4 Å². The summed E-state index contributed by atoms with van der Waals surface area (Å²) in [4.78, 5) is 37.2. The Morgan fingerprint density at radius 2 is 1.71 bits per heavy atom. The summed E-state index contributed by atoms with van der Waals surface area (Å²) in [5, 5.41) is 5.68. The van der Waals surface area contributed by atoms with Gasteiger partial charge in [0, 0.05) is 31.9 Å². The highest BCUT2D eigenvalue weighted by molar-refractivity contribution is 5.95. The van der Waals surface area contributed by atoms with Gasteiger partial charge in [-0.3, -0.25) is 14.6 Å². The van der Waals surface area contributed by atoms with Gasteiger partial charge < -0.3 is 10.6 Å². The van der Waals surface area contributed by atoms with Crippen molar-refractivity contribution in [3.63, 3.8) is 0 Å². The number of nitrogens with zero attached hydrogens (tertiary/aromatic N) is 3. The zero-order chi connectivity index (χ0) is 19.8. The summed E-state index contributed by atoms with van der Waals surface area (Å²) < 4.78 is 0. The molecule has 3 rings (SSSR count). The van der Waals surface area contributed by atoms with Gasteiger partial charge in [0.2, 0.25) is 0 Å². The number of carbonyl (C=O) groups excluding carboxylic acids is 2. The Balaban J connectivity index is 1.61. The first-order chi connectivity index (χ1) is 13.6. The van der Waals surface area contributed by atoms with Gasteiger partial charge in [-0.15, -0.1) is 0 Å². The fraction of sp³-hybridized carbons (Fsp3) is 0.190. The van der Waals surface area contributed by atoms with Crippen LogP contribution in [0.15, 0.2) is 60.9 Å². The molecule has 28 heavy (non-hydrogen) atoms. The second-order valence-corrected chi connectivity index (χ2v) is 6.17. The Morgan fingerprint density at radius 3 is 2.46 bits per heavy atom. The molecule has 0 bridgehead atoms. The lowest BCUT2D eigenvalue weighted by molar-refractivity contribution is 0.0944. The molecule has 0 saturated heterocycles. The van der Waals surface area contributed by atoms with Gasteiger partial charge in [0.1, 0.15) is 11.5 Å². The van der Waals surface area contributed by atoms with E-state index < -0.39 is 0 Å². The summed E-state index contributed by atoms with van der Waals surface area (Å²) in [6.45, 7) is 2.52. The maximum atomic E-state index is 12.6. The van der Waals surface area contributed by atoms with Gasteiger partial charge in [-0.2, -0.15) is 0 Å². The number of hydrogen-bond donors (Lipinski definition) is 2. The number of aryl methyl sites for hydroxylation is 1. The minimum Gasteiger partial charge on any atom is -0.350 e. The third kappa shape index (κ3) is 5.20. The van der Waals surface area contributed by atoms with E-state index in [9.17, 15) is 9.59 Å². The summed E-state index contributed by atoms with van der Waals surface area (Å²) in [5.41, 5.74) is 2.36. The molecule has 0 spiro atoms. The molecule has 0 aliphatic rings. The second kappa shape index (κ2) is 9.36. The number of pyridine rings is 1. The van der Waals surface area contributed by atoms with Gasteiger partial charge in [-0.05, 0) is 24.6 Å². The molecule has 3 aromatic rings. The van der Waals surface area contributed by atoms with Crippen molar-refractivity contribution in [1.82, 2.24) is 25.6 Å². The molecule has 1 aromatic carbocycles. The van der Waals surface area contributed by atoms with Crippen LogP contribution in [0.2, 0.25) is 0 Å². The number of rotatable bonds is 7. The molecule has 2 heterocycles. The highest BCUT2D eigenvalue weighted by atomic mass is 16.2. The van der Waals surface area contributed by atoms with E-state index in [4.69, 9.17) is 0 Å². The largest absolute Gasteiger partial charge is 0.350 e. The van der Waals surface area contributed by atoms with E-state index in [1.54, 1.807) is 31.3 Å². The Hall–Kier alpha value is -3.61. The molecule has 0 saturated carbocycles. The van der Waals surface area contributed by atoms with Crippen molar-refractivity contribution in [1.29, 1.82) is 0 Å². The normalized spacial score (nSPS) is 10.3. The Morgan fingerprint density at radius 1 is 0.929 bits per heavy atom. The van der Waals surface area contributed by atoms with Crippen LogP contribution in [-0.2, 0) is 13.0 Å². The zero-order valence-electron chi connectivity index (χ0n) is 15.6. The number of nitrogens with one attached hydrogen (secondary N) is 2. The van der Waals surface area contributed by atoms with Gasteiger partial charge in [0.15, 0.2) is 0 Å². The lowest BCUT2D eigenvalue weighted by Gasteiger charge is -2.11. The molecular weight excluding hydrogens is 354 g/mol. The summed E-state index contributed by atoms with van der Waals surface area (Å²) in [6.07, 6.45) is 3.51. The Bertz CT molecular complexity index is 946. The molecule has 0 atom stereocenters. The monoisotopic (exact) mass is 375 g/mol. The van der Waals surface area contributed by atoms with Gasteiger partial charge >= 0.3 is 0 Å². The van der Waals surface area contributed by atoms with E-state index >= 15 is 0 Å². The molecule has 7 nitrogen and oxygen atoms in total. The molecular formula is C21H21N5O2. The first-order valence-electron chi connectivity index (χ1n) is 8.97. The Kier molecular flexibility index (Phi) is 6.41. The van der Waals surface area contributed by atoms with E-state index in [0.717, 1.165) is 5.56 Å². The second-order valence-electron chi connectivity index (χ2n) is 6.17. The maximum Gasteiger partial charge on any atom is 0.269 e. The SMILES string of the molecule is Cc1ncc(C(=O)NCc2ccccc2)c(CCNC(=O)c2ccccn2)n1. The van der Waals surface area contributed by atoms with Crippen molar-refractivity contribution in [2.45, 2.75) is 19.9 Å². The van der Waals surface area contributed by atoms with E-state index in [2.05, 4.69) is 25.6 Å². The predicted octanol–water partition coefficient (Wildman–Crippen LogP) is 2.08. The van der Waals surface area contributed by atoms with Crippen LogP contribution in [0.4, 0.5) is 0 Å². The first-order valence-corrected chi connectivity index (χ1v) is 8.97. The highest BCUT2D eigenvalue weighted by Crippen LogP contribution is 2.07. The number of hydrogen-bond acceptors (Lipinski definition) is 5. The lowest BCUT2D eigenvalue weighted by Crippen LogP contribution is -2.29. The molecule has 2 aromatic heterocycles. The van der Waals surface area contributed by atoms with E-state index in [-0.39, 0.29) is 11.8 Å². The topological polar surface area (TPSA) is 96.9 Å². The zero-order valence-corrected chi connectivity index (χ0v) is 15.6. The quantitative estimate of drug-likeness (QED) is 0.659. The molecule has 0 radical (unpaired) electrons. The third-order valence-electron chi connectivity index (χ3n) is 4.07. The van der Waals surface area contributed by atoms with Crippen LogP contribution >= 0.6 is 0 Å². The van der Waals surface area contributed by atoms with Crippen LogP contribution in [0, 0.1) is 6.92 Å². The van der Waals surface area contributed by atoms with Crippen molar-refractivity contribution in [3.8, 4) is 0 Å². The van der Waals surface area contributed by atoms with Crippen molar-refractivity contribution in [2.75, 3.05) is 6.54 Å². The minimum absolute atomic E-state index is 0.241. The number of amides is 2. The van der Waals surface area contributed by atoms with Crippen molar-refractivity contribution in [2.24, 2.45) is 0 Å². The molecule has 0 aliphatic carbocycles. The molecule has 2 amide bonds. The molecule has 0 unspecified atom stereocenters. The summed E-state index contributed by atoms with van der Waals surface area (Å²) in [6, 6.07) is 14.8. The van der Waals surface area contributed by atoms with Crippen LogP contribution in [-0.4, -0.2) is 33.3 Å². The summed E-state index contributed by atoms with van der Waals surface area (Å²) in [7, 11) is 0. The van der Waals surface area contributed by atoms with Crippen molar-refractivity contribution >= 4 is 11.8 Å². The highest BCUT2D eigenvalue weighted by Gasteiger charge is 2.14. The third-order valence-corrected chi connectivity index (χ3v) is 4.07. The van der Waals surface area contributed by atoms with Gasteiger partial charge in [0.25, 0.3) is 11.8 Å². The molecule has 0 aliphatic heterocycles. The van der Waals surface area contributed by atoms with Crippen LogP contribution in [0.1, 0.15) is 37.9 Å². The van der Waals surface area contributed by atoms with E-state index in [1.165, 1.54) is 6.20 Å². The van der Waals surface area contributed by atoms with Crippen molar-refractivity contribution < 1.29 is 9.59 Å². The van der Waals surface area contributed by atoms with Gasteiger partial charge in [0.05, 0.1) is 11.3 Å². The molecule has 2 N–H and O–H groups in total. The number of carbonyl (C=O) groups is 2. The van der Waals surface area contributed by atoms with E-state index in [0.29, 0.717) is 42.3 Å². The van der Waals surface area contributed by atoms with Crippen LogP contribution in [0.3, 0.4) is 0 Å². The Labute approximate surface area is 163 Å². The van der Waals surface area contributed by atoms with Crippen LogP contribution < -0.4 is 10.6 Å². The van der Waals surface area contributed by atoms with E-state index in [1.807, 2.05) is 30.3 Å². The fourth-order valence-corrected chi connectivity index (χ4v) is 2.65. The predicted molar refractivity (Wildman–Crippen MR) is 105 cm³/mol. The summed E-state index contributed by atoms with van der Waals surface area (Å²) >= 11 is 0. The summed E-state index contributed by atoms with van der Waals surface area (Å²) in [5.74, 6) is 0.0713. The number of benzene rings is 1. The lowest BCUT2D eigenvalue weighted by atomic mass is 10.1. The fourth-order valence-electron chi connectivity index (χ4n) is 2.65. The van der Waals surface area contributed by atoms with Crippen molar-refractivity contribution in [3.05, 3.63) is 89.3 Å². The van der Waals surface area contributed by atoms with Crippen LogP contribution in [0.25, 0.3) is 0 Å². The van der Waals surface area contributed by atoms with Gasteiger partial charge in [-0.25, -0.2) is 9.97 Å².